The number of carbonyl (C=O) groups excluding carboxylic acids is 1. The predicted octanol–water partition coefficient (Wildman–Crippen LogP) is 4.74. The minimum Gasteiger partial charge on any atom is -0.488 e. The maximum atomic E-state index is 12.7. The van der Waals surface area contributed by atoms with E-state index in [0.717, 1.165) is 53.6 Å². The van der Waals surface area contributed by atoms with Crippen LogP contribution in [-0.2, 0) is 17.8 Å². The van der Waals surface area contributed by atoms with Gasteiger partial charge in [0.1, 0.15) is 18.2 Å². The lowest BCUT2D eigenvalue weighted by Crippen LogP contribution is -2.21. The van der Waals surface area contributed by atoms with Crippen molar-refractivity contribution >= 4 is 29.3 Å². The summed E-state index contributed by atoms with van der Waals surface area (Å²) in [5.74, 6) is 2.49. The molecule has 0 radical (unpaired) electrons. The Kier molecular flexibility index (Phi) is 5.01. The summed E-state index contributed by atoms with van der Waals surface area (Å²) in [5, 5.41) is 12.3. The average Bonchev–Trinajstić information content (AvgIpc) is 3.01. The molecule has 0 unspecified atom stereocenters. The number of aromatic nitrogens is 3. The third kappa shape index (κ3) is 3.71. The number of fused-ring (bicyclic) bond motifs is 2. The first kappa shape index (κ1) is 18.9. The molecule has 2 aliphatic rings. The fraction of sp³-hybridized carbons (Fsp3) is 0.261. The Hall–Kier alpha value is -3.12. The Morgan fingerprint density at radius 1 is 1.07 bits per heavy atom. The largest absolute Gasteiger partial charge is 0.488 e. The van der Waals surface area contributed by atoms with Gasteiger partial charge in [0.05, 0.1) is 5.57 Å². The molecule has 0 saturated heterocycles. The van der Waals surface area contributed by atoms with Crippen molar-refractivity contribution in [3.63, 3.8) is 0 Å². The molecule has 7 heteroatoms. The molecule has 2 aromatic carbocycles. The van der Waals surface area contributed by atoms with Crippen molar-refractivity contribution in [2.45, 2.75) is 32.2 Å². The lowest BCUT2D eigenvalue weighted by Gasteiger charge is -2.18. The van der Waals surface area contributed by atoms with E-state index in [0.29, 0.717) is 10.6 Å². The van der Waals surface area contributed by atoms with Crippen LogP contribution in [0.4, 0.5) is 5.69 Å². The van der Waals surface area contributed by atoms with E-state index in [1.54, 1.807) is 12.1 Å². The molecule has 6 nitrogen and oxygen atoms in total. The van der Waals surface area contributed by atoms with Crippen molar-refractivity contribution in [3.8, 4) is 17.1 Å². The van der Waals surface area contributed by atoms with Crippen molar-refractivity contribution in [2.24, 2.45) is 0 Å². The van der Waals surface area contributed by atoms with Gasteiger partial charge >= 0.3 is 0 Å². The highest BCUT2D eigenvalue weighted by Gasteiger charge is 2.19. The van der Waals surface area contributed by atoms with Gasteiger partial charge < -0.3 is 14.6 Å². The van der Waals surface area contributed by atoms with Crippen LogP contribution in [0.15, 0.2) is 48.0 Å². The molecule has 0 atom stereocenters. The highest BCUT2D eigenvalue weighted by atomic mass is 35.5. The maximum absolute atomic E-state index is 12.7. The topological polar surface area (TPSA) is 69.0 Å². The zero-order valence-electron chi connectivity index (χ0n) is 16.4. The number of anilines is 1. The second kappa shape index (κ2) is 7.95. The number of ether oxygens (including phenoxy) is 1. The number of halogens is 1. The number of nitrogens with one attached hydrogen (secondary N) is 1. The summed E-state index contributed by atoms with van der Waals surface area (Å²) >= 11 is 6.05. The van der Waals surface area contributed by atoms with Gasteiger partial charge in [-0.3, -0.25) is 4.79 Å². The van der Waals surface area contributed by atoms with Crippen LogP contribution in [0, 0.1) is 0 Å². The molecule has 0 saturated carbocycles. The fourth-order valence-electron chi connectivity index (χ4n) is 3.89. The number of nitrogens with zero attached hydrogens (tertiary/aromatic N) is 3. The number of benzene rings is 2. The zero-order chi connectivity index (χ0) is 20.5. The molecule has 0 fully saturated rings. The summed E-state index contributed by atoms with van der Waals surface area (Å²) in [6.07, 6.45) is 6.34. The van der Waals surface area contributed by atoms with E-state index in [2.05, 4.69) is 20.1 Å². The molecule has 5 rings (SSSR count). The lowest BCUT2D eigenvalue weighted by molar-refractivity contribution is -0.113. The van der Waals surface area contributed by atoms with Crippen LogP contribution in [0.1, 0.15) is 30.7 Å². The lowest BCUT2D eigenvalue weighted by atomic mass is 10.1. The highest BCUT2D eigenvalue weighted by molar-refractivity contribution is 6.30. The van der Waals surface area contributed by atoms with E-state index in [-0.39, 0.29) is 12.5 Å². The molecule has 1 aromatic heterocycles. The van der Waals surface area contributed by atoms with Gasteiger partial charge in [0, 0.05) is 34.8 Å². The number of amides is 1. The smallest absolute Gasteiger partial charge is 0.255 e. The second-order valence-electron chi connectivity index (χ2n) is 7.57. The minimum absolute atomic E-state index is 0.190. The molecule has 152 valence electrons. The molecule has 3 aromatic rings. The minimum atomic E-state index is -0.190. The third-order valence-electron chi connectivity index (χ3n) is 5.49. The third-order valence-corrected chi connectivity index (χ3v) is 5.72. The SMILES string of the molecule is O=C(Nc1ccc(-c2nnc3n2CCCCC3)cc1)C1=Cc2cc(Cl)ccc2OC1. The van der Waals surface area contributed by atoms with Crippen LogP contribution >= 0.6 is 11.6 Å². The molecule has 30 heavy (non-hydrogen) atoms. The Morgan fingerprint density at radius 2 is 1.93 bits per heavy atom. The quantitative estimate of drug-likeness (QED) is 0.664. The van der Waals surface area contributed by atoms with Gasteiger partial charge in [-0.15, -0.1) is 10.2 Å². The van der Waals surface area contributed by atoms with Gasteiger partial charge in [0.2, 0.25) is 0 Å². The first-order valence-electron chi connectivity index (χ1n) is 10.1. The van der Waals surface area contributed by atoms with Gasteiger partial charge in [-0.05, 0) is 61.4 Å². The summed E-state index contributed by atoms with van der Waals surface area (Å²) in [6, 6.07) is 13.1. The molecule has 0 aliphatic carbocycles. The molecule has 0 spiro atoms. The maximum Gasteiger partial charge on any atom is 0.255 e. The van der Waals surface area contributed by atoms with Crippen molar-refractivity contribution in [1.82, 2.24) is 14.8 Å². The van der Waals surface area contributed by atoms with Gasteiger partial charge in [-0.25, -0.2) is 0 Å². The summed E-state index contributed by atoms with van der Waals surface area (Å²) in [6.45, 7) is 1.18. The van der Waals surface area contributed by atoms with Crippen LogP contribution in [0.25, 0.3) is 17.5 Å². The van der Waals surface area contributed by atoms with E-state index in [9.17, 15) is 4.79 Å². The Bertz CT molecular complexity index is 1130. The number of aryl methyl sites for hydroxylation is 1. The molecular formula is C23H21ClN4O2. The first-order valence-corrected chi connectivity index (χ1v) is 10.5. The predicted molar refractivity (Wildman–Crippen MR) is 117 cm³/mol. The average molecular weight is 421 g/mol. The number of hydrogen-bond acceptors (Lipinski definition) is 4. The zero-order valence-corrected chi connectivity index (χ0v) is 17.2. The van der Waals surface area contributed by atoms with Crippen LogP contribution in [-0.4, -0.2) is 27.3 Å². The van der Waals surface area contributed by atoms with Crippen molar-refractivity contribution in [1.29, 1.82) is 0 Å². The fourth-order valence-corrected chi connectivity index (χ4v) is 4.07. The molecular weight excluding hydrogens is 400 g/mol. The Labute approximate surface area is 179 Å². The van der Waals surface area contributed by atoms with Crippen LogP contribution in [0.3, 0.4) is 0 Å². The number of rotatable bonds is 3. The van der Waals surface area contributed by atoms with E-state index in [1.807, 2.05) is 36.4 Å². The monoisotopic (exact) mass is 420 g/mol. The van der Waals surface area contributed by atoms with Crippen LogP contribution in [0.2, 0.25) is 5.02 Å². The Morgan fingerprint density at radius 3 is 2.80 bits per heavy atom. The molecule has 0 bridgehead atoms. The second-order valence-corrected chi connectivity index (χ2v) is 8.01. The van der Waals surface area contributed by atoms with Gasteiger partial charge in [0.25, 0.3) is 5.91 Å². The number of hydrogen-bond donors (Lipinski definition) is 1. The molecule has 1 amide bonds. The van der Waals surface area contributed by atoms with Crippen LogP contribution in [0.5, 0.6) is 5.75 Å². The highest BCUT2D eigenvalue weighted by Crippen LogP contribution is 2.29. The van der Waals surface area contributed by atoms with Crippen molar-refractivity contribution < 1.29 is 9.53 Å². The summed E-state index contributed by atoms with van der Waals surface area (Å²) in [5.41, 5.74) is 3.08. The molecule has 1 N–H and O–H groups in total. The number of carbonyl (C=O) groups is 1. The standard InChI is InChI=1S/C23H21ClN4O2/c24-18-7-10-20-16(13-18)12-17(14-30-20)23(29)25-19-8-5-15(6-9-19)22-27-26-21-4-2-1-3-11-28(21)22/h5-10,12-13H,1-4,11,14H2,(H,25,29). The summed E-state index contributed by atoms with van der Waals surface area (Å²) in [7, 11) is 0. The first-order chi connectivity index (χ1) is 14.7. The Balaban J connectivity index is 1.32. The molecule has 2 aliphatic heterocycles. The molecule has 3 heterocycles. The van der Waals surface area contributed by atoms with E-state index in [4.69, 9.17) is 16.3 Å². The van der Waals surface area contributed by atoms with Crippen LogP contribution < -0.4 is 10.1 Å². The summed E-state index contributed by atoms with van der Waals surface area (Å²) < 4.78 is 7.89. The van der Waals surface area contributed by atoms with Gasteiger partial charge in [-0.2, -0.15) is 0 Å². The van der Waals surface area contributed by atoms with E-state index < -0.39 is 0 Å². The van der Waals surface area contributed by atoms with Crippen molar-refractivity contribution in [2.75, 3.05) is 11.9 Å². The van der Waals surface area contributed by atoms with Gasteiger partial charge in [-0.1, -0.05) is 18.0 Å². The van der Waals surface area contributed by atoms with Gasteiger partial charge in [0.15, 0.2) is 5.82 Å². The summed E-state index contributed by atoms with van der Waals surface area (Å²) in [4.78, 5) is 12.7. The van der Waals surface area contributed by atoms with Crippen molar-refractivity contribution in [3.05, 3.63) is 64.4 Å². The van der Waals surface area contributed by atoms with E-state index >= 15 is 0 Å². The van der Waals surface area contributed by atoms with E-state index in [1.165, 1.54) is 12.8 Å². The normalized spacial score (nSPS) is 15.3.